The lowest BCUT2D eigenvalue weighted by atomic mass is 10.1. The van der Waals surface area contributed by atoms with Crippen LogP contribution in [-0.4, -0.2) is 35.8 Å². The van der Waals surface area contributed by atoms with E-state index >= 15 is 0 Å². The minimum atomic E-state index is -0.596. The molecule has 1 rings (SSSR count). The van der Waals surface area contributed by atoms with E-state index in [0.717, 1.165) is 16.7 Å². The van der Waals surface area contributed by atoms with Crippen molar-refractivity contribution in [2.75, 3.05) is 6.54 Å². The molecule has 0 fully saturated rings. The molecule has 0 heterocycles. The van der Waals surface area contributed by atoms with Crippen molar-refractivity contribution in [1.29, 1.82) is 0 Å². The molecule has 0 saturated heterocycles. The molecule has 0 saturated carbocycles. The highest BCUT2D eigenvalue weighted by Gasteiger charge is 2.17. The molecule has 0 aliphatic rings. The third kappa shape index (κ3) is 11.3. The third-order valence-corrected chi connectivity index (χ3v) is 3.46. The Hall–Kier alpha value is -2.81. The number of nitrogens with two attached hydrogens (primary N) is 1. The fourth-order valence-corrected chi connectivity index (χ4v) is 2.40. The summed E-state index contributed by atoms with van der Waals surface area (Å²) in [7, 11) is 0. The number of nitrogens with one attached hydrogen (secondary N) is 3. The van der Waals surface area contributed by atoms with Gasteiger partial charge in [-0.25, -0.2) is 9.59 Å². The van der Waals surface area contributed by atoms with Gasteiger partial charge in [-0.3, -0.25) is 4.79 Å². The smallest absolute Gasteiger partial charge is 0.407 e. The van der Waals surface area contributed by atoms with Crippen molar-refractivity contribution < 1.29 is 23.9 Å². The normalized spacial score (nSPS) is 11.4. The Morgan fingerprint density at radius 1 is 0.733 bits per heavy atom. The molecule has 1 aromatic carbocycles. The van der Waals surface area contributed by atoms with Crippen molar-refractivity contribution in [1.82, 2.24) is 16.0 Å². The van der Waals surface area contributed by atoms with E-state index in [0.29, 0.717) is 0 Å². The topological polar surface area (TPSA) is 132 Å². The zero-order valence-electron chi connectivity index (χ0n) is 18.7. The van der Waals surface area contributed by atoms with E-state index < -0.39 is 23.4 Å². The molecule has 0 aromatic heterocycles. The van der Waals surface area contributed by atoms with Crippen molar-refractivity contribution in [3.8, 4) is 0 Å². The van der Waals surface area contributed by atoms with Crippen molar-refractivity contribution in [2.45, 2.75) is 72.4 Å². The Labute approximate surface area is 178 Å². The zero-order valence-corrected chi connectivity index (χ0v) is 18.7. The second-order valence-corrected chi connectivity index (χ2v) is 8.85. The lowest BCUT2D eigenvalue weighted by molar-refractivity contribution is -0.119. The van der Waals surface area contributed by atoms with Crippen LogP contribution in [0.3, 0.4) is 0 Å². The number of amides is 3. The van der Waals surface area contributed by atoms with Gasteiger partial charge in [0.1, 0.15) is 11.2 Å². The molecular weight excluding hydrogens is 388 g/mol. The van der Waals surface area contributed by atoms with Crippen LogP contribution in [0.2, 0.25) is 0 Å². The molecular formula is C21H34N4O5. The fourth-order valence-electron chi connectivity index (χ4n) is 2.40. The van der Waals surface area contributed by atoms with Crippen LogP contribution >= 0.6 is 0 Å². The predicted molar refractivity (Wildman–Crippen MR) is 113 cm³/mol. The summed E-state index contributed by atoms with van der Waals surface area (Å²) in [5, 5.41) is 8.11. The summed E-state index contributed by atoms with van der Waals surface area (Å²) in [5.74, 6) is -0.277. The van der Waals surface area contributed by atoms with Crippen LogP contribution in [0, 0.1) is 0 Å². The number of benzene rings is 1. The van der Waals surface area contributed by atoms with Crippen LogP contribution < -0.4 is 21.7 Å². The average Bonchev–Trinajstić information content (AvgIpc) is 2.60. The van der Waals surface area contributed by atoms with Crippen molar-refractivity contribution in [2.24, 2.45) is 5.73 Å². The summed E-state index contributed by atoms with van der Waals surface area (Å²) in [6.45, 7) is 11.3. The van der Waals surface area contributed by atoms with Gasteiger partial charge in [-0.15, -0.1) is 0 Å². The van der Waals surface area contributed by atoms with E-state index in [2.05, 4.69) is 16.0 Å². The van der Waals surface area contributed by atoms with Crippen LogP contribution in [0.5, 0.6) is 0 Å². The highest BCUT2D eigenvalue weighted by Crippen LogP contribution is 2.13. The lowest BCUT2D eigenvalue weighted by Gasteiger charge is -2.20. The minimum Gasteiger partial charge on any atom is -0.444 e. The monoisotopic (exact) mass is 422 g/mol. The summed E-state index contributed by atoms with van der Waals surface area (Å²) in [4.78, 5) is 35.3. The predicted octanol–water partition coefficient (Wildman–Crippen LogP) is 2.31. The molecule has 0 aliphatic heterocycles. The number of carbonyl (C=O) groups excluding carboxylic acids is 3. The van der Waals surface area contributed by atoms with Gasteiger partial charge in [-0.05, 0) is 58.2 Å². The first kappa shape index (κ1) is 25.2. The molecule has 0 bridgehead atoms. The number of rotatable bonds is 7. The number of hydrogen-bond donors (Lipinski definition) is 4. The maximum absolute atomic E-state index is 11.9. The Bertz CT molecular complexity index is 700. The minimum absolute atomic E-state index is 0.104. The third-order valence-electron chi connectivity index (χ3n) is 3.46. The first-order chi connectivity index (χ1) is 13.8. The largest absolute Gasteiger partial charge is 0.444 e. The molecule has 30 heavy (non-hydrogen) atoms. The summed E-state index contributed by atoms with van der Waals surface area (Å²) >= 11 is 0. The lowest BCUT2D eigenvalue weighted by Crippen LogP contribution is -2.33. The number of carbonyl (C=O) groups is 3. The van der Waals surface area contributed by atoms with Gasteiger partial charge in [-0.1, -0.05) is 18.2 Å². The molecule has 5 N–H and O–H groups in total. The van der Waals surface area contributed by atoms with Gasteiger partial charge in [0.15, 0.2) is 0 Å². The zero-order chi connectivity index (χ0) is 22.9. The Morgan fingerprint density at radius 2 is 1.07 bits per heavy atom. The molecule has 9 nitrogen and oxygen atoms in total. The number of alkyl carbamates (subject to hydrolysis) is 2. The highest BCUT2D eigenvalue weighted by atomic mass is 16.6. The molecule has 0 radical (unpaired) electrons. The van der Waals surface area contributed by atoms with Crippen LogP contribution in [0.4, 0.5) is 9.59 Å². The van der Waals surface area contributed by atoms with Crippen LogP contribution in [0.1, 0.15) is 58.2 Å². The number of hydrogen-bond acceptors (Lipinski definition) is 6. The summed E-state index contributed by atoms with van der Waals surface area (Å²) < 4.78 is 10.5. The van der Waals surface area contributed by atoms with E-state index in [1.165, 1.54) is 0 Å². The Morgan fingerprint density at radius 3 is 1.37 bits per heavy atom. The molecule has 0 atom stereocenters. The molecule has 0 aliphatic carbocycles. The van der Waals surface area contributed by atoms with Gasteiger partial charge in [0, 0.05) is 19.6 Å². The average molecular weight is 423 g/mol. The van der Waals surface area contributed by atoms with Crippen LogP contribution in [-0.2, 0) is 33.9 Å². The van der Waals surface area contributed by atoms with E-state index in [1.807, 2.05) is 18.2 Å². The van der Waals surface area contributed by atoms with Crippen molar-refractivity contribution in [3.05, 3.63) is 34.9 Å². The second kappa shape index (κ2) is 10.8. The van der Waals surface area contributed by atoms with E-state index in [9.17, 15) is 14.4 Å². The quantitative estimate of drug-likeness (QED) is 0.533. The first-order valence-electron chi connectivity index (χ1n) is 9.79. The Kier molecular flexibility index (Phi) is 9.10. The van der Waals surface area contributed by atoms with Crippen LogP contribution in [0.15, 0.2) is 18.2 Å². The summed E-state index contributed by atoms with van der Waals surface area (Å²) in [6.07, 6.45) is -1.06. The van der Waals surface area contributed by atoms with Gasteiger partial charge in [0.25, 0.3) is 0 Å². The van der Waals surface area contributed by atoms with Gasteiger partial charge in [0.2, 0.25) is 5.91 Å². The van der Waals surface area contributed by atoms with Gasteiger partial charge in [-0.2, -0.15) is 0 Å². The van der Waals surface area contributed by atoms with Gasteiger partial charge < -0.3 is 31.2 Å². The summed E-state index contributed by atoms with van der Waals surface area (Å²) in [6, 6.07) is 5.55. The molecule has 0 spiro atoms. The summed E-state index contributed by atoms with van der Waals surface area (Å²) in [5.41, 5.74) is 6.52. The molecule has 9 heteroatoms. The van der Waals surface area contributed by atoms with E-state index in [-0.39, 0.29) is 32.1 Å². The standard InChI is InChI=1S/C21H34N4O5/c1-20(2,3)29-18(27)24-12-15-7-14(11-23-17(26)10-22)8-16(9-15)13-25-19(28)30-21(4,5)6/h7-9H,10-13,22H2,1-6H3,(H,23,26)(H,24,27)(H,25,28). The highest BCUT2D eigenvalue weighted by molar-refractivity contribution is 5.77. The van der Waals surface area contributed by atoms with Gasteiger partial charge >= 0.3 is 12.2 Å². The first-order valence-corrected chi connectivity index (χ1v) is 9.79. The van der Waals surface area contributed by atoms with Crippen LogP contribution in [0.25, 0.3) is 0 Å². The fraction of sp³-hybridized carbons (Fsp3) is 0.571. The van der Waals surface area contributed by atoms with Gasteiger partial charge in [0.05, 0.1) is 6.54 Å². The van der Waals surface area contributed by atoms with Crippen molar-refractivity contribution in [3.63, 3.8) is 0 Å². The van der Waals surface area contributed by atoms with Crippen molar-refractivity contribution >= 4 is 18.1 Å². The molecule has 168 valence electrons. The second-order valence-electron chi connectivity index (χ2n) is 8.85. The maximum Gasteiger partial charge on any atom is 0.407 e. The number of ether oxygens (including phenoxy) is 2. The van der Waals surface area contributed by atoms with E-state index in [4.69, 9.17) is 15.2 Å². The SMILES string of the molecule is CC(C)(C)OC(=O)NCc1cc(CNC(=O)CN)cc(CNC(=O)OC(C)(C)C)c1. The molecule has 3 amide bonds. The molecule has 1 aromatic rings. The Balaban J connectivity index is 2.87. The van der Waals surface area contributed by atoms with E-state index in [1.54, 1.807) is 41.5 Å². The maximum atomic E-state index is 11.9. The molecule has 0 unspecified atom stereocenters.